The second-order valence-electron chi connectivity index (χ2n) is 7.21. The molecule has 3 rings (SSSR count). The van der Waals surface area contributed by atoms with Gasteiger partial charge >= 0.3 is 0 Å². The van der Waals surface area contributed by atoms with Crippen molar-refractivity contribution >= 4 is 69.3 Å². The van der Waals surface area contributed by atoms with Crippen LogP contribution in [0.5, 0.6) is 0 Å². The molecule has 178 valence electrons. The molecule has 33 heavy (non-hydrogen) atoms. The van der Waals surface area contributed by atoms with Crippen molar-refractivity contribution in [2.24, 2.45) is 5.73 Å². The Morgan fingerprint density at radius 3 is 2.82 bits per heavy atom. The number of ether oxygens (including phenoxy) is 1. The van der Waals surface area contributed by atoms with Crippen molar-refractivity contribution in [2.45, 2.75) is 30.3 Å². The van der Waals surface area contributed by atoms with E-state index in [4.69, 9.17) is 33.7 Å². The normalized spacial score (nSPS) is 16.4. The van der Waals surface area contributed by atoms with Crippen molar-refractivity contribution in [2.75, 3.05) is 31.6 Å². The predicted octanol–water partition coefficient (Wildman–Crippen LogP) is 2.42. The Bertz CT molecular complexity index is 1020. The summed E-state index contributed by atoms with van der Waals surface area (Å²) in [6.07, 6.45) is -0.639. The highest BCUT2D eigenvalue weighted by atomic mass is 35.5. The van der Waals surface area contributed by atoms with E-state index in [0.717, 1.165) is 35.4 Å². The second kappa shape index (κ2) is 12.0. The van der Waals surface area contributed by atoms with Crippen LogP contribution in [0.15, 0.2) is 22.5 Å². The summed E-state index contributed by atoms with van der Waals surface area (Å²) in [4.78, 5) is 36.9. The van der Waals surface area contributed by atoms with E-state index in [-0.39, 0.29) is 17.1 Å². The lowest BCUT2D eigenvalue weighted by molar-refractivity contribution is -0.126. The Balaban J connectivity index is 1.56. The van der Waals surface area contributed by atoms with Crippen molar-refractivity contribution in [3.05, 3.63) is 33.8 Å². The van der Waals surface area contributed by atoms with Crippen LogP contribution in [0.25, 0.3) is 0 Å². The van der Waals surface area contributed by atoms with Gasteiger partial charge in [0.2, 0.25) is 22.9 Å². The summed E-state index contributed by atoms with van der Waals surface area (Å²) in [6.45, 7) is 4.43. The fourth-order valence-electron chi connectivity index (χ4n) is 3.06. The first-order valence-electron chi connectivity index (χ1n) is 9.85. The van der Waals surface area contributed by atoms with E-state index >= 15 is 0 Å². The third-order valence-electron chi connectivity index (χ3n) is 4.51. The van der Waals surface area contributed by atoms with Crippen LogP contribution in [0.2, 0.25) is 10.0 Å². The molecule has 1 aliphatic heterocycles. The van der Waals surface area contributed by atoms with Crippen LogP contribution in [0.3, 0.4) is 0 Å². The zero-order valence-electron chi connectivity index (χ0n) is 17.6. The largest absolute Gasteiger partial charge is 0.374 e. The number of nitrogens with zero attached hydrogens (tertiary/aromatic N) is 4. The van der Waals surface area contributed by atoms with Crippen LogP contribution < -0.4 is 11.1 Å². The number of benzene rings is 1. The van der Waals surface area contributed by atoms with Crippen LogP contribution in [0.1, 0.15) is 18.9 Å². The van der Waals surface area contributed by atoms with Gasteiger partial charge in [-0.1, -0.05) is 40.6 Å². The number of aromatic nitrogens is 2. The van der Waals surface area contributed by atoms with Crippen LogP contribution in [-0.4, -0.2) is 69.5 Å². The summed E-state index contributed by atoms with van der Waals surface area (Å²) in [7, 11) is 0. The van der Waals surface area contributed by atoms with Crippen molar-refractivity contribution < 1.29 is 19.1 Å². The minimum Gasteiger partial charge on any atom is -0.374 e. The first-order chi connectivity index (χ1) is 15.7. The molecule has 1 atom stereocenters. The van der Waals surface area contributed by atoms with Crippen molar-refractivity contribution in [3.8, 4) is 0 Å². The molecule has 10 nitrogen and oxygen atoms in total. The van der Waals surface area contributed by atoms with E-state index in [1.807, 2.05) is 12.1 Å². The molecule has 0 unspecified atom stereocenters. The molecule has 3 N–H and O–H groups in total. The number of halogens is 2. The number of amides is 3. The lowest BCUT2D eigenvalue weighted by Gasteiger charge is -2.35. The molecule has 2 aromatic rings. The Labute approximate surface area is 208 Å². The first-order valence-corrected chi connectivity index (χ1v) is 12.2. The maximum atomic E-state index is 12.2. The van der Waals surface area contributed by atoms with Gasteiger partial charge < -0.3 is 15.8 Å². The summed E-state index contributed by atoms with van der Waals surface area (Å²) in [5.74, 6) is -1.48. The molecule has 2 heterocycles. The average molecular weight is 533 g/mol. The fraction of sp³-hybridized carbons (Fsp3) is 0.421. The third kappa shape index (κ3) is 8.09. The molecule has 14 heteroatoms. The summed E-state index contributed by atoms with van der Waals surface area (Å²) in [6, 6.07) is 5.56. The van der Waals surface area contributed by atoms with Gasteiger partial charge in [0.05, 0.1) is 29.3 Å². The number of anilines is 1. The van der Waals surface area contributed by atoms with Gasteiger partial charge in [-0.2, -0.15) is 0 Å². The number of nitrogens with two attached hydrogens (primary N) is 1. The number of hydrogen-bond acceptors (Lipinski definition) is 9. The van der Waals surface area contributed by atoms with Crippen molar-refractivity contribution in [3.63, 3.8) is 0 Å². The summed E-state index contributed by atoms with van der Waals surface area (Å²) in [5.41, 5.74) is 6.04. The Morgan fingerprint density at radius 1 is 1.33 bits per heavy atom. The summed E-state index contributed by atoms with van der Waals surface area (Å²) in [5, 5.41) is 11.5. The maximum Gasteiger partial charge on any atom is 0.235 e. The third-order valence-corrected chi connectivity index (χ3v) is 7.22. The van der Waals surface area contributed by atoms with Crippen molar-refractivity contribution in [1.29, 1.82) is 0 Å². The number of primary amides is 1. The number of carbonyl (C=O) groups excluding carboxylic acids is 3. The van der Waals surface area contributed by atoms with Crippen LogP contribution in [-0.2, 0) is 25.7 Å². The Morgan fingerprint density at radius 2 is 2.12 bits per heavy atom. The molecule has 1 saturated heterocycles. The number of rotatable bonds is 9. The molecule has 1 aromatic carbocycles. The topological polar surface area (TPSA) is 131 Å². The Kier molecular flexibility index (Phi) is 9.29. The molecule has 0 spiro atoms. The second-order valence-corrected chi connectivity index (χ2v) is 10.3. The average Bonchev–Trinajstić information content (AvgIpc) is 3.16. The van der Waals surface area contributed by atoms with E-state index in [0.29, 0.717) is 40.6 Å². The monoisotopic (exact) mass is 532 g/mol. The molecule has 1 fully saturated rings. The molecule has 3 amide bonds. The lowest BCUT2D eigenvalue weighted by Crippen LogP contribution is -2.46. The molecule has 0 bridgehead atoms. The lowest BCUT2D eigenvalue weighted by atomic mass is 10.2. The highest BCUT2D eigenvalue weighted by Gasteiger charge is 2.26. The zero-order valence-corrected chi connectivity index (χ0v) is 20.8. The van der Waals surface area contributed by atoms with Gasteiger partial charge in [0.15, 0.2) is 4.34 Å². The zero-order chi connectivity index (χ0) is 24.0. The molecule has 0 radical (unpaired) electrons. The SMILES string of the molecule is CC(=O)N(C[C@@H]1CN(Cc2ccc(Cl)c(Cl)c2)CCO1)Sc1nnc(NC(=O)CC(N)=O)s1. The molecule has 1 aromatic heterocycles. The van der Waals surface area contributed by atoms with Crippen LogP contribution in [0.4, 0.5) is 5.13 Å². The van der Waals surface area contributed by atoms with Crippen LogP contribution >= 0.6 is 46.5 Å². The van der Waals surface area contributed by atoms with Gasteiger partial charge in [0.25, 0.3) is 0 Å². The van der Waals surface area contributed by atoms with E-state index < -0.39 is 18.2 Å². The van der Waals surface area contributed by atoms with E-state index in [2.05, 4.69) is 20.4 Å². The molecule has 0 saturated carbocycles. The smallest absolute Gasteiger partial charge is 0.235 e. The van der Waals surface area contributed by atoms with Gasteiger partial charge in [-0.15, -0.1) is 10.2 Å². The standard InChI is InChI=1S/C19H22Cl2N6O4S2/c1-11(28)27(33-19-25-24-18(32-19)23-17(30)7-16(22)29)10-13-9-26(4-5-31-13)8-12-2-3-14(20)15(21)6-12/h2-3,6,13H,4-5,7-10H2,1H3,(H2,22,29)(H,23,24,30)/t13-/m0/s1. The van der Waals surface area contributed by atoms with E-state index in [1.54, 1.807) is 10.4 Å². The number of carbonyl (C=O) groups is 3. The Hall–Kier alpha value is -1.96. The fourth-order valence-corrected chi connectivity index (χ4v) is 5.16. The molecular formula is C19H22Cl2N6O4S2. The van der Waals surface area contributed by atoms with Gasteiger partial charge in [-0.05, 0) is 17.7 Å². The summed E-state index contributed by atoms with van der Waals surface area (Å²) < 4.78 is 7.88. The van der Waals surface area contributed by atoms with E-state index in [9.17, 15) is 14.4 Å². The number of nitrogens with one attached hydrogen (secondary N) is 1. The van der Waals surface area contributed by atoms with Gasteiger partial charge in [0.1, 0.15) is 6.42 Å². The maximum absolute atomic E-state index is 12.2. The van der Waals surface area contributed by atoms with Gasteiger partial charge in [0, 0.05) is 38.5 Å². The molecule has 1 aliphatic rings. The quantitative estimate of drug-likeness (QED) is 0.286. The van der Waals surface area contributed by atoms with Gasteiger partial charge in [-0.3, -0.25) is 23.6 Å². The minimum atomic E-state index is -0.741. The molecule has 0 aliphatic carbocycles. The van der Waals surface area contributed by atoms with Crippen LogP contribution in [0, 0.1) is 0 Å². The van der Waals surface area contributed by atoms with Crippen molar-refractivity contribution in [1.82, 2.24) is 19.4 Å². The van der Waals surface area contributed by atoms with E-state index in [1.165, 1.54) is 6.92 Å². The minimum absolute atomic E-state index is 0.167. The van der Waals surface area contributed by atoms with Gasteiger partial charge in [-0.25, -0.2) is 0 Å². The predicted molar refractivity (Wildman–Crippen MR) is 127 cm³/mol. The summed E-state index contributed by atoms with van der Waals surface area (Å²) >= 11 is 14.3. The molecular weight excluding hydrogens is 511 g/mol. The number of hydrogen-bond donors (Lipinski definition) is 2. The first kappa shape index (κ1) is 25.7. The highest BCUT2D eigenvalue weighted by molar-refractivity contribution is 7.99. The highest BCUT2D eigenvalue weighted by Crippen LogP contribution is 2.29. The number of morpholine rings is 1.